The van der Waals surface area contributed by atoms with Gasteiger partial charge in [-0.15, -0.1) is 11.3 Å². The van der Waals surface area contributed by atoms with E-state index in [1.54, 1.807) is 35.3 Å². The Balaban J connectivity index is 1.19. The molecule has 5 aromatic rings. The minimum Gasteiger partial charge on any atom is -0.344 e. The topological polar surface area (TPSA) is 118 Å². The summed E-state index contributed by atoms with van der Waals surface area (Å²) < 4.78 is 1.63. The first kappa shape index (κ1) is 19.6. The van der Waals surface area contributed by atoms with E-state index in [1.807, 2.05) is 36.4 Å². The third kappa shape index (κ3) is 4.12. The maximum Gasteiger partial charge on any atom is 0.265 e. The molecular weight excluding hydrogens is 426 g/mol. The van der Waals surface area contributed by atoms with Crippen LogP contribution in [0.2, 0.25) is 0 Å². The Morgan fingerprint density at radius 1 is 0.969 bits per heavy atom. The number of aromatic amines is 1. The van der Waals surface area contributed by atoms with Gasteiger partial charge in [-0.25, -0.2) is 14.6 Å². The number of amides is 2. The molecule has 0 spiro atoms. The van der Waals surface area contributed by atoms with Crippen molar-refractivity contribution in [3.63, 3.8) is 0 Å². The van der Waals surface area contributed by atoms with Crippen molar-refractivity contribution in [3.8, 4) is 5.69 Å². The van der Waals surface area contributed by atoms with Gasteiger partial charge in [-0.3, -0.25) is 9.59 Å². The summed E-state index contributed by atoms with van der Waals surface area (Å²) in [7, 11) is 0. The number of thiophene rings is 1. The van der Waals surface area contributed by atoms with Crippen LogP contribution >= 0.6 is 11.3 Å². The second kappa shape index (κ2) is 8.44. The van der Waals surface area contributed by atoms with Crippen molar-refractivity contribution in [1.29, 1.82) is 0 Å². The fourth-order valence-electron chi connectivity index (χ4n) is 3.15. The monoisotopic (exact) mass is 443 g/mol. The van der Waals surface area contributed by atoms with Crippen LogP contribution in [0.15, 0.2) is 73.3 Å². The number of carbonyl (C=O) groups is 2. The predicted molar refractivity (Wildman–Crippen MR) is 121 cm³/mol. The molecule has 10 heteroatoms. The van der Waals surface area contributed by atoms with Crippen molar-refractivity contribution < 1.29 is 9.59 Å². The van der Waals surface area contributed by atoms with Gasteiger partial charge in [0, 0.05) is 5.69 Å². The number of carbonyl (C=O) groups excluding carboxylic acids is 2. The number of imidazole rings is 1. The minimum atomic E-state index is -0.278. The zero-order valence-corrected chi connectivity index (χ0v) is 17.5. The molecule has 0 aliphatic heterocycles. The SMILES string of the molecule is O=C(NCc1nc2ccccc2[nH]1)c1ccc(C(=O)Nc2ccc(-n3cncn3)cc2)s1. The summed E-state index contributed by atoms with van der Waals surface area (Å²) in [5.41, 5.74) is 3.24. The number of hydrogen-bond donors (Lipinski definition) is 3. The third-order valence-corrected chi connectivity index (χ3v) is 5.80. The molecule has 3 N–H and O–H groups in total. The summed E-state index contributed by atoms with van der Waals surface area (Å²) in [5, 5.41) is 9.73. The molecule has 0 fully saturated rings. The van der Waals surface area contributed by atoms with Crippen molar-refractivity contribution in [2.75, 3.05) is 5.32 Å². The molecule has 0 radical (unpaired) electrons. The van der Waals surface area contributed by atoms with Crippen LogP contribution < -0.4 is 10.6 Å². The van der Waals surface area contributed by atoms with Crippen LogP contribution in [0, 0.1) is 0 Å². The van der Waals surface area contributed by atoms with E-state index in [0.717, 1.165) is 28.1 Å². The molecule has 0 bridgehead atoms. The first-order chi connectivity index (χ1) is 15.7. The molecule has 2 amide bonds. The first-order valence-electron chi connectivity index (χ1n) is 9.74. The predicted octanol–water partition coefficient (Wildman–Crippen LogP) is 3.39. The lowest BCUT2D eigenvalue weighted by molar-refractivity contribution is 0.0953. The number of fused-ring (bicyclic) bond motifs is 1. The first-order valence-corrected chi connectivity index (χ1v) is 10.6. The molecule has 0 atom stereocenters. The molecule has 3 aromatic heterocycles. The van der Waals surface area contributed by atoms with E-state index < -0.39 is 0 Å². The number of H-pyrrole nitrogens is 1. The lowest BCUT2D eigenvalue weighted by Crippen LogP contribution is -2.22. The largest absolute Gasteiger partial charge is 0.344 e. The molecule has 32 heavy (non-hydrogen) atoms. The van der Waals surface area contributed by atoms with Crippen LogP contribution in [-0.2, 0) is 6.54 Å². The number of rotatable bonds is 6. The van der Waals surface area contributed by atoms with Crippen LogP contribution in [-0.4, -0.2) is 36.5 Å². The molecule has 0 saturated carbocycles. The Morgan fingerprint density at radius 2 is 1.75 bits per heavy atom. The van der Waals surface area contributed by atoms with E-state index in [2.05, 4.69) is 30.7 Å². The normalized spacial score (nSPS) is 10.9. The number of aromatic nitrogens is 5. The maximum absolute atomic E-state index is 12.6. The standard InChI is InChI=1S/C22H17N7O2S/c30-21(24-11-20-27-16-3-1-2-4-17(16)28-20)18-9-10-19(32-18)22(31)26-14-5-7-15(8-6-14)29-13-23-12-25-29/h1-10,12-13H,11H2,(H,24,30)(H,26,31)(H,27,28). The second-order valence-corrected chi connectivity index (χ2v) is 7.97. The molecule has 3 heterocycles. The lowest BCUT2D eigenvalue weighted by Gasteiger charge is -2.05. The second-order valence-electron chi connectivity index (χ2n) is 6.89. The average Bonchev–Trinajstić information content (AvgIpc) is 3.58. The summed E-state index contributed by atoms with van der Waals surface area (Å²) in [6, 6.07) is 18.2. The van der Waals surface area contributed by atoms with Gasteiger partial charge in [0.15, 0.2) is 0 Å². The summed E-state index contributed by atoms with van der Waals surface area (Å²) >= 11 is 1.13. The molecule has 5 rings (SSSR count). The molecule has 2 aromatic carbocycles. The van der Waals surface area contributed by atoms with E-state index in [-0.39, 0.29) is 18.4 Å². The van der Waals surface area contributed by atoms with Crippen molar-refractivity contribution in [2.45, 2.75) is 6.54 Å². The van der Waals surface area contributed by atoms with Gasteiger partial charge in [-0.1, -0.05) is 12.1 Å². The van der Waals surface area contributed by atoms with E-state index in [4.69, 9.17) is 0 Å². The maximum atomic E-state index is 12.6. The summed E-state index contributed by atoms with van der Waals surface area (Å²) in [6.45, 7) is 0.269. The molecule has 0 aliphatic rings. The lowest BCUT2D eigenvalue weighted by atomic mass is 10.2. The average molecular weight is 443 g/mol. The quantitative estimate of drug-likeness (QED) is 0.372. The molecule has 0 aliphatic carbocycles. The Morgan fingerprint density at radius 3 is 2.50 bits per heavy atom. The Bertz CT molecular complexity index is 1350. The Hall–Kier alpha value is -4.31. The fraction of sp³-hybridized carbons (Fsp3) is 0.0455. The van der Waals surface area contributed by atoms with Crippen LogP contribution in [0.4, 0.5) is 5.69 Å². The number of para-hydroxylation sites is 2. The van der Waals surface area contributed by atoms with Gasteiger partial charge in [-0.05, 0) is 48.5 Å². The molecule has 158 valence electrons. The summed E-state index contributed by atoms with van der Waals surface area (Å²) in [6.07, 6.45) is 3.05. The number of benzene rings is 2. The minimum absolute atomic E-state index is 0.258. The molecular formula is C22H17N7O2S. The fourth-order valence-corrected chi connectivity index (χ4v) is 3.97. The van der Waals surface area contributed by atoms with E-state index in [0.29, 0.717) is 21.3 Å². The zero-order valence-electron chi connectivity index (χ0n) is 16.6. The number of nitrogens with zero attached hydrogens (tertiary/aromatic N) is 4. The van der Waals surface area contributed by atoms with Crippen LogP contribution in [0.25, 0.3) is 16.7 Å². The zero-order chi connectivity index (χ0) is 21.9. The van der Waals surface area contributed by atoms with Crippen LogP contribution in [0.3, 0.4) is 0 Å². The third-order valence-electron chi connectivity index (χ3n) is 4.72. The Kier molecular flexibility index (Phi) is 5.18. The van der Waals surface area contributed by atoms with Gasteiger partial charge >= 0.3 is 0 Å². The highest BCUT2D eigenvalue weighted by molar-refractivity contribution is 7.16. The van der Waals surface area contributed by atoms with E-state index in [9.17, 15) is 9.59 Å². The van der Waals surface area contributed by atoms with Gasteiger partial charge in [-0.2, -0.15) is 5.10 Å². The van der Waals surface area contributed by atoms with Crippen molar-refractivity contribution >= 4 is 39.9 Å². The van der Waals surface area contributed by atoms with Crippen LogP contribution in [0.5, 0.6) is 0 Å². The van der Waals surface area contributed by atoms with Crippen LogP contribution in [0.1, 0.15) is 25.2 Å². The van der Waals surface area contributed by atoms with E-state index >= 15 is 0 Å². The summed E-state index contributed by atoms with van der Waals surface area (Å²) in [5.74, 6) is 0.134. The molecule has 0 unspecified atom stereocenters. The molecule has 0 saturated heterocycles. The van der Waals surface area contributed by atoms with Gasteiger partial charge in [0.2, 0.25) is 0 Å². The number of nitrogens with one attached hydrogen (secondary N) is 3. The summed E-state index contributed by atoms with van der Waals surface area (Å²) in [4.78, 5) is 37.5. The van der Waals surface area contributed by atoms with E-state index in [1.165, 1.54) is 6.33 Å². The highest BCUT2D eigenvalue weighted by Crippen LogP contribution is 2.19. The van der Waals surface area contributed by atoms with Gasteiger partial charge in [0.1, 0.15) is 18.5 Å². The highest BCUT2D eigenvalue weighted by Gasteiger charge is 2.15. The van der Waals surface area contributed by atoms with Gasteiger partial charge in [0.25, 0.3) is 11.8 Å². The Labute approximate surface area is 186 Å². The van der Waals surface area contributed by atoms with Gasteiger partial charge < -0.3 is 15.6 Å². The van der Waals surface area contributed by atoms with Crippen molar-refractivity contribution in [2.24, 2.45) is 0 Å². The van der Waals surface area contributed by atoms with Gasteiger partial charge in [0.05, 0.1) is 33.0 Å². The smallest absolute Gasteiger partial charge is 0.265 e. The number of hydrogen-bond acceptors (Lipinski definition) is 6. The number of anilines is 1. The highest BCUT2D eigenvalue weighted by atomic mass is 32.1. The molecule has 9 nitrogen and oxygen atoms in total. The van der Waals surface area contributed by atoms with Crippen molar-refractivity contribution in [1.82, 2.24) is 30.0 Å². The van der Waals surface area contributed by atoms with Crippen molar-refractivity contribution in [3.05, 3.63) is 88.9 Å².